The molecule has 0 radical (unpaired) electrons. The molecule has 158 valence electrons. The zero-order chi connectivity index (χ0) is 22.1. The topological polar surface area (TPSA) is 49.3 Å². The van der Waals surface area contributed by atoms with Crippen molar-refractivity contribution in [1.29, 1.82) is 0 Å². The molecule has 0 aromatic heterocycles. The van der Waals surface area contributed by atoms with Gasteiger partial charge in [0.25, 0.3) is 0 Å². The quantitative estimate of drug-likeness (QED) is 0.561. The highest BCUT2D eigenvalue weighted by molar-refractivity contribution is 5.89. The van der Waals surface area contributed by atoms with Crippen LogP contribution in [0.5, 0.6) is 0 Å². The van der Waals surface area contributed by atoms with Gasteiger partial charge < -0.3 is 10.4 Å². The van der Waals surface area contributed by atoms with Crippen LogP contribution in [0.25, 0.3) is 11.3 Å². The number of hydrogen-bond acceptors (Lipinski definition) is 2. The summed E-state index contributed by atoms with van der Waals surface area (Å²) >= 11 is 0. The molecule has 1 atom stereocenters. The number of allylic oxidation sites excluding steroid dienone is 1. The lowest BCUT2D eigenvalue weighted by Gasteiger charge is -2.34. The highest BCUT2D eigenvalue weighted by Crippen LogP contribution is 2.41. The van der Waals surface area contributed by atoms with Crippen LogP contribution in [0.2, 0.25) is 0 Å². The van der Waals surface area contributed by atoms with Crippen LogP contribution in [-0.4, -0.2) is 17.6 Å². The van der Waals surface area contributed by atoms with E-state index in [-0.39, 0.29) is 11.0 Å². The van der Waals surface area contributed by atoms with Crippen LogP contribution in [0.4, 0.5) is 0 Å². The van der Waals surface area contributed by atoms with E-state index in [1.165, 1.54) is 22.4 Å². The van der Waals surface area contributed by atoms with Gasteiger partial charge >= 0.3 is 5.97 Å². The van der Waals surface area contributed by atoms with Gasteiger partial charge in [-0.15, -0.1) is 0 Å². The molecule has 0 spiro atoms. The van der Waals surface area contributed by atoms with Crippen LogP contribution in [0, 0.1) is 12.8 Å². The van der Waals surface area contributed by atoms with Crippen LogP contribution in [0.15, 0.2) is 49.1 Å². The Morgan fingerprint density at radius 3 is 2.43 bits per heavy atom. The monoisotopic (exact) mass is 403 g/mol. The SMILES string of the molecule is C=C(c1ccc(C(=O)O)cc1)c1cc2c(cc1C)C(C)(C)CC=C2NCC(C)CC. The van der Waals surface area contributed by atoms with Crippen molar-refractivity contribution in [3.63, 3.8) is 0 Å². The van der Waals surface area contributed by atoms with Crippen LogP contribution in [0.1, 0.15) is 78.7 Å². The first-order chi connectivity index (χ1) is 14.1. The van der Waals surface area contributed by atoms with Crippen molar-refractivity contribution < 1.29 is 9.90 Å². The first-order valence-corrected chi connectivity index (χ1v) is 10.8. The molecule has 1 aliphatic rings. The smallest absolute Gasteiger partial charge is 0.335 e. The van der Waals surface area contributed by atoms with E-state index in [1.807, 2.05) is 12.1 Å². The summed E-state index contributed by atoms with van der Waals surface area (Å²) in [5.74, 6) is -0.293. The molecule has 2 aromatic rings. The second-order valence-electron chi connectivity index (χ2n) is 9.17. The summed E-state index contributed by atoms with van der Waals surface area (Å²) in [6, 6.07) is 11.5. The summed E-state index contributed by atoms with van der Waals surface area (Å²) in [5.41, 5.74) is 8.35. The summed E-state index contributed by atoms with van der Waals surface area (Å²) in [6.07, 6.45) is 4.49. The number of nitrogens with one attached hydrogen (secondary N) is 1. The average Bonchev–Trinajstić information content (AvgIpc) is 2.72. The van der Waals surface area contributed by atoms with Gasteiger partial charge in [-0.2, -0.15) is 0 Å². The molecule has 0 heterocycles. The van der Waals surface area contributed by atoms with E-state index in [0.29, 0.717) is 5.92 Å². The number of carboxylic acids is 1. The lowest BCUT2D eigenvalue weighted by Crippen LogP contribution is -2.28. The number of hydrogen-bond donors (Lipinski definition) is 2. The molecule has 2 aromatic carbocycles. The molecule has 3 rings (SSSR count). The van der Waals surface area contributed by atoms with Gasteiger partial charge in [-0.1, -0.05) is 65.0 Å². The minimum Gasteiger partial charge on any atom is -0.478 e. The third-order valence-electron chi connectivity index (χ3n) is 6.34. The third kappa shape index (κ3) is 4.35. The second kappa shape index (κ2) is 8.51. The van der Waals surface area contributed by atoms with Crippen molar-refractivity contribution in [3.05, 3.63) is 82.4 Å². The number of benzene rings is 2. The molecule has 3 nitrogen and oxygen atoms in total. The third-order valence-corrected chi connectivity index (χ3v) is 6.34. The minimum absolute atomic E-state index is 0.0879. The molecule has 0 saturated carbocycles. The Kier molecular flexibility index (Phi) is 6.21. The van der Waals surface area contributed by atoms with Gasteiger partial charge in [-0.3, -0.25) is 0 Å². The molecule has 0 saturated heterocycles. The van der Waals surface area contributed by atoms with E-state index < -0.39 is 5.97 Å². The summed E-state index contributed by atoms with van der Waals surface area (Å²) in [6.45, 7) is 16.5. The van der Waals surface area contributed by atoms with Crippen LogP contribution < -0.4 is 5.32 Å². The highest BCUT2D eigenvalue weighted by atomic mass is 16.4. The minimum atomic E-state index is -0.915. The van der Waals surface area contributed by atoms with Crippen LogP contribution >= 0.6 is 0 Å². The fourth-order valence-electron chi connectivity index (χ4n) is 3.96. The predicted molar refractivity (Wildman–Crippen MR) is 126 cm³/mol. The fourth-order valence-corrected chi connectivity index (χ4v) is 3.96. The number of rotatable bonds is 7. The molecule has 0 fully saturated rings. The lowest BCUT2D eigenvalue weighted by molar-refractivity contribution is 0.0697. The van der Waals surface area contributed by atoms with Gasteiger partial charge in [0, 0.05) is 17.8 Å². The van der Waals surface area contributed by atoms with Crippen molar-refractivity contribution in [2.24, 2.45) is 5.92 Å². The maximum absolute atomic E-state index is 11.2. The number of aromatic carboxylic acids is 1. The Labute approximate surface area is 180 Å². The first-order valence-electron chi connectivity index (χ1n) is 10.8. The summed E-state index contributed by atoms with van der Waals surface area (Å²) in [5, 5.41) is 12.8. The van der Waals surface area contributed by atoms with E-state index in [0.717, 1.165) is 36.1 Å². The maximum Gasteiger partial charge on any atom is 0.335 e. The molecular formula is C27H33NO2. The van der Waals surface area contributed by atoms with Crippen LogP contribution in [0.3, 0.4) is 0 Å². The Morgan fingerprint density at radius 2 is 1.83 bits per heavy atom. The molecule has 2 N–H and O–H groups in total. The number of carboxylic acid groups (broad SMARTS) is 1. The second-order valence-corrected chi connectivity index (χ2v) is 9.17. The fraction of sp³-hybridized carbons (Fsp3) is 0.370. The summed E-state index contributed by atoms with van der Waals surface area (Å²) in [7, 11) is 0. The Bertz CT molecular complexity index is 996. The zero-order valence-electron chi connectivity index (χ0n) is 18.8. The van der Waals surface area contributed by atoms with Crippen molar-refractivity contribution in [3.8, 4) is 0 Å². The van der Waals surface area contributed by atoms with Gasteiger partial charge in [0.2, 0.25) is 0 Å². The molecule has 1 unspecified atom stereocenters. The van der Waals surface area contributed by atoms with Gasteiger partial charge in [0.05, 0.1) is 5.56 Å². The van der Waals surface area contributed by atoms with Gasteiger partial charge in [-0.25, -0.2) is 4.79 Å². The van der Waals surface area contributed by atoms with E-state index in [1.54, 1.807) is 12.1 Å². The van der Waals surface area contributed by atoms with E-state index in [4.69, 9.17) is 5.11 Å². The Hall–Kier alpha value is -2.81. The Balaban J connectivity index is 2.00. The maximum atomic E-state index is 11.2. The Morgan fingerprint density at radius 1 is 1.20 bits per heavy atom. The summed E-state index contributed by atoms with van der Waals surface area (Å²) < 4.78 is 0. The molecule has 0 amide bonds. The van der Waals surface area contributed by atoms with E-state index in [9.17, 15) is 4.79 Å². The van der Waals surface area contributed by atoms with Crippen molar-refractivity contribution in [2.75, 3.05) is 6.54 Å². The molecular weight excluding hydrogens is 370 g/mol. The largest absolute Gasteiger partial charge is 0.478 e. The standard InChI is InChI=1S/C27H33NO2/c1-7-17(2)16-28-25-12-13-27(5,6)24-14-18(3)22(15-23(24)25)19(4)20-8-10-21(11-9-20)26(29)30/h8-12,14-15,17,28H,4,7,13,16H2,1-3,5-6H3,(H,29,30). The number of carbonyl (C=O) groups is 1. The number of fused-ring (bicyclic) bond motifs is 1. The normalized spacial score (nSPS) is 15.7. The van der Waals surface area contributed by atoms with Gasteiger partial charge in [0.15, 0.2) is 0 Å². The van der Waals surface area contributed by atoms with Crippen molar-refractivity contribution >= 4 is 17.2 Å². The average molecular weight is 404 g/mol. The molecule has 30 heavy (non-hydrogen) atoms. The molecule has 1 aliphatic carbocycles. The van der Waals surface area contributed by atoms with Gasteiger partial charge in [-0.05, 0) is 70.7 Å². The van der Waals surface area contributed by atoms with E-state index in [2.05, 4.69) is 64.7 Å². The van der Waals surface area contributed by atoms with Gasteiger partial charge in [0.1, 0.15) is 0 Å². The predicted octanol–water partition coefficient (Wildman–Crippen LogP) is 6.41. The molecule has 0 bridgehead atoms. The molecule has 0 aliphatic heterocycles. The molecule has 3 heteroatoms. The van der Waals surface area contributed by atoms with Crippen LogP contribution in [-0.2, 0) is 5.41 Å². The first kappa shape index (κ1) is 21.9. The summed E-state index contributed by atoms with van der Waals surface area (Å²) in [4.78, 5) is 11.2. The van der Waals surface area contributed by atoms with Crippen molar-refractivity contribution in [2.45, 2.75) is 52.9 Å². The number of aryl methyl sites for hydroxylation is 1. The van der Waals surface area contributed by atoms with E-state index >= 15 is 0 Å². The highest BCUT2D eigenvalue weighted by Gasteiger charge is 2.29. The zero-order valence-corrected chi connectivity index (χ0v) is 18.8. The van der Waals surface area contributed by atoms with Crippen molar-refractivity contribution in [1.82, 2.24) is 5.32 Å². The lowest BCUT2D eigenvalue weighted by atomic mass is 9.73.